The standard InChI is InChI=1S/C20H21Cl2NO4/c1-11-6-5-7-12(2)18(11)23-19(24)13(3)27-20(25)14(4)26-17-9-8-15(21)10-16(17)22/h5-10,13-14H,1-4H3,(H,23,24)/t13-,14+/m0/s1. The molecule has 1 amide bonds. The fraction of sp³-hybridized carbons (Fsp3) is 0.300. The molecule has 0 aliphatic carbocycles. The minimum Gasteiger partial charge on any atom is -0.477 e. The second-order valence-electron chi connectivity index (χ2n) is 6.17. The van der Waals surface area contributed by atoms with Crippen molar-refractivity contribution in [2.75, 3.05) is 5.32 Å². The van der Waals surface area contributed by atoms with E-state index in [1.807, 2.05) is 32.0 Å². The van der Waals surface area contributed by atoms with Crippen molar-refractivity contribution in [1.29, 1.82) is 0 Å². The molecule has 5 nitrogen and oxygen atoms in total. The van der Waals surface area contributed by atoms with E-state index in [0.29, 0.717) is 16.5 Å². The van der Waals surface area contributed by atoms with Gasteiger partial charge in [-0.05, 0) is 57.0 Å². The Bertz CT molecular complexity index is 834. The Kier molecular flexibility index (Phi) is 7.11. The first-order valence-electron chi connectivity index (χ1n) is 8.38. The van der Waals surface area contributed by atoms with Crippen molar-refractivity contribution in [2.45, 2.75) is 39.9 Å². The first-order chi connectivity index (χ1) is 12.7. The zero-order valence-electron chi connectivity index (χ0n) is 15.5. The van der Waals surface area contributed by atoms with Crippen LogP contribution < -0.4 is 10.1 Å². The zero-order chi connectivity index (χ0) is 20.1. The molecule has 0 heterocycles. The molecule has 2 aromatic carbocycles. The maximum Gasteiger partial charge on any atom is 0.347 e. The molecule has 0 radical (unpaired) electrons. The number of ether oxygens (including phenoxy) is 2. The van der Waals surface area contributed by atoms with Gasteiger partial charge < -0.3 is 14.8 Å². The highest BCUT2D eigenvalue weighted by molar-refractivity contribution is 6.35. The van der Waals surface area contributed by atoms with E-state index >= 15 is 0 Å². The van der Waals surface area contributed by atoms with E-state index in [9.17, 15) is 9.59 Å². The summed E-state index contributed by atoms with van der Waals surface area (Å²) in [6, 6.07) is 10.4. The summed E-state index contributed by atoms with van der Waals surface area (Å²) in [5.74, 6) is -0.791. The van der Waals surface area contributed by atoms with Crippen LogP contribution in [0.4, 0.5) is 5.69 Å². The van der Waals surface area contributed by atoms with Gasteiger partial charge in [-0.25, -0.2) is 4.79 Å². The quantitative estimate of drug-likeness (QED) is 0.685. The van der Waals surface area contributed by atoms with Crippen molar-refractivity contribution in [3.05, 3.63) is 57.6 Å². The number of aryl methyl sites for hydroxylation is 2. The Morgan fingerprint density at radius 2 is 1.63 bits per heavy atom. The highest BCUT2D eigenvalue weighted by Crippen LogP contribution is 2.28. The number of amides is 1. The van der Waals surface area contributed by atoms with Gasteiger partial charge in [0.15, 0.2) is 12.2 Å². The molecule has 0 aliphatic rings. The highest BCUT2D eigenvalue weighted by atomic mass is 35.5. The minimum absolute atomic E-state index is 0.281. The molecule has 7 heteroatoms. The van der Waals surface area contributed by atoms with Crippen LogP contribution in [0, 0.1) is 13.8 Å². The fourth-order valence-corrected chi connectivity index (χ4v) is 2.82. The van der Waals surface area contributed by atoms with E-state index in [0.717, 1.165) is 11.1 Å². The summed E-state index contributed by atoms with van der Waals surface area (Å²) in [4.78, 5) is 24.6. The predicted octanol–water partition coefficient (Wildman–Crippen LogP) is 4.95. The van der Waals surface area contributed by atoms with Gasteiger partial charge in [-0.3, -0.25) is 4.79 Å². The fourth-order valence-electron chi connectivity index (χ4n) is 2.37. The van der Waals surface area contributed by atoms with E-state index in [-0.39, 0.29) is 5.02 Å². The van der Waals surface area contributed by atoms with Crippen LogP contribution in [0.3, 0.4) is 0 Å². The molecule has 0 saturated carbocycles. The number of rotatable bonds is 6. The van der Waals surface area contributed by atoms with E-state index in [2.05, 4.69) is 5.32 Å². The number of nitrogens with one attached hydrogen (secondary N) is 1. The number of halogens is 2. The van der Waals surface area contributed by atoms with Crippen LogP contribution in [0.2, 0.25) is 10.0 Å². The molecule has 2 rings (SSSR count). The largest absolute Gasteiger partial charge is 0.477 e. The number of carbonyl (C=O) groups excluding carboxylic acids is 2. The Balaban J connectivity index is 1.96. The number of anilines is 1. The smallest absolute Gasteiger partial charge is 0.347 e. The molecule has 0 aromatic heterocycles. The highest BCUT2D eigenvalue weighted by Gasteiger charge is 2.24. The number of hydrogen-bond donors (Lipinski definition) is 1. The van der Waals surface area contributed by atoms with E-state index in [1.165, 1.54) is 19.9 Å². The van der Waals surface area contributed by atoms with Gasteiger partial charge in [-0.15, -0.1) is 0 Å². The van der Waals surface area contributed by atoms with Crippen molar-refractivity contribution in [2.24, 2.45) is 0 Å². The predicted molar refractivity (Wildman–Crippen MR) is 107 cm³/mol. The van der Waals surface area contributed by atoms with Crippen molar-refractivity contribution < 1.29 is 19.1 Å². The summed E-state index contributed by atoms with van der Waals surface area (Å²) in [5.41, 5.74) is 2.56. The molecule has 2 atom stereocenters. The lowest BCUT2D eigenvalue weighted by Crippen LogP contribution is -2.35. The van der Waals surface area contributed by atoms with Gasteiger partial charge in [0.25, 0.3) is 5.91 Å². The molecule has 0 bridgehead atoms. The van der Waals surface area contributed by atoms with E-state index in [1.54, 1.807) is 12.1 Å². The molecule has 0 saturated heterocycles. The van der Waals surface area contributed by atoms with Crippen molar-refractivity contribution >= 4 is 40.8 Å². The Morgan fingerprint density at radius 1 is 1.00 bits per heavy atom. The Labute approximate surface area is 168 Å². The number of para-hydroxylation sites is 1. The molecule has 2 aromatic rings. The second kappa shape index (κ2) is 9.11. The molecule has 1 N–H and O–H groups in total. The lowest BCUT2D eigenvalue weighted by atomic mass is 10.1. The molecule has 144 valence electrons. The van der Waals surface area contributed by atoms with Crippen molar-refractivity contribution in [1.82, 2.24) is 0 Å². The molecular formula is C20H21Cl2NO4. The van der Waals surface area contributed by atoms with Gasteiger partial charge in [-0.1, -0.05) is 41.4 Å². The molecular weight excluding hydrogens is 389 g/mol. The monoisotopic (exact) mass is 409 g/mol. The number of esters is 1. The number of benzene rings is 2. The van der Waals surface area contributed by atoms with Crippen LogP contribution in [0.25, 0.3) is 0 Å². The summed E-state index contributed by atoms with van der Waals surface area (Å²) >= 11 is 11.9. The molecule has 0 aliphatic heterocycles. The third kappa shape index (κ3) is 5.62. The van der Waals surface area contributed by atoms with Gasteiger partial charge >= 0.3 is 5.97 Å². The normalized spacial score (nSPS) is 12.8. The third-order valence-electron chi connectivity index (χ3n) is 3.92. The lowest BCUT2D eigenvalue weighted by molar-refractivity contribution is -0.159. The number of hydrogen-bond acceptors (Lipinski definition) is 4. The van der Waals surface area contributed by atoms with Gasteiger partial charge in [-0.2, -0.15) is 0 Å². The van der Waals surface area contributed by atoms with Gasteiger partial charge in [0.2, 0.25) is 0 Å². The van der Waals surface area contributed by atoms with E-state index in [4.69, 9.17) is 32.7 Å². The summed E-state index contributed by atoms with van der Waals surface area (Å²) < 4.78 is 10.7. The molecule has 27 heavy (non-hydrogen) atoms. The summed E-state index contributed by atoms with van der Waals surface area (Å²) in [5, 5.41) is 3.53. The summed E-state index contributed by atoms with van der Waals surface area (Å²) in [7, 11) is 0. The topological polar surface area (TPSA) is 64.6 Å². The van der Waals surface area contributed by atoms with Crippen LogP contribution in [0.15, 0.2) is 36.4 Å². The summed E-state index contributed by atoms with van der Waals surface area (Å²) in [6.07, 6.45) is -1.93. The average Bonchev–Trinajstić information content (AvgIpc) is 2.60. The van der Waals surface area contributed by atoms with Crippen LogP contribution in [-0.4, -0.2) is 24.1 Å². The Hall–Kier alpha value is -2.24. The summed E-state index contributed by atoms with van der Waals surface area (Å²) in [6.45, 7) is 6.81. The van der Waals surface area contributed by atoms with Crippen molar-refractivity contribution in [3.8, 4) is 5.75 Å². The minimum atomic E-state index is -0.983. The van der Waals surface area contributed by atoms with Gasteiger partial charge in [0.1, 0.15) is 5.75 Å². The van der Waals surface area contributed by atoms with Crippen LogP contribution in [-0.2, 0) is 14.3 Å². The lowest BCUT2D eigenvalue weighted by Gasteiger charge is -2.19. The zero-order valence-corrected chi connectivity index (χ0v) is 17.0. The van der Waals surface area contributed by atoms with Crippen LogP contribution in [0.5, 0.6) is 5.75 Å². The maximum absolute atomic E-state index is 12.4. The van der Waals surface area contributed by atoms with Crippen molar-refractivity contribution in [3.63, 3.8) is 0 Å². The molecule has 0 fully saturated rings. The van der Waals surface area contributed by atoms with Crippen LogP contribution >= 0.6 is 23.2 Å². The molecule has 0 unspecified atom stereocenters. The first kappa shape index (κ1) is 21.1. The SMILES string of the molecule is Cc1cccc(C)c1NC(=O)[C@H](C)OC(=O)[C@@H](C)Oc1ccc(Cl)cc1Cl. The maximum atomic E-state index is 12.4. The second-order valence-corrected chi connectivity index (χ2v) is 7.01. The van der Waals surface area contributed by atoms with Crippen LogP contribution in [0.1, 0.15) is 25.0 Å². The Morgan fingerprint density at radius 3 is 2.22 bits per heavy atom. The molecule has 0 spiro atoms. The van der Waals surface area contributed by atoms with Gasteiger partial charge in [0.05, 0.1) is 5.02 Å². The van der Waals surface area contributed by atoms with Gasteiger partial charge in [0, 0.05) is 10.7 Å². The first-order valence-corrected chi connectivity index (χ1v) is 9.14. The van der Waals surface area contributed by atoms with E-state index < -0.39 is 24.1 Å². The number of carbonyl (C=O) groups is 2. The average molecular weight is 410 g/mol. The third-order valence-corrected chi connectivity index (χ3v) is 4.45.